The van der Waals surface area contributed by atoms with E-state index in [1.54, 1.807) is 0 Å². The molecule has 0 aliphatic carbocycles. The van der Waals surface area contributed by atoms with Crippen LogP contribution in [0.15, 0.2) is 24.3 Å². The highest BCUT2D eigenvalue weighted by Crippen LogP contribution is 2.75. The van der Waals surface area contributed by atoms with Crippen molar-refractivity contribution in [1.82, 2.24) is 4.67 Å². The van der Waals surface area contributed by atoms with Gasteiger partial charge in [0, 0.05) is 7.05 Å². The molecule has 1 aromatic carbocycles. The van der Waals surface area contributed by atoms with Crippen molar-refractivity contribution in [1.29, 1.82) is 0 Å². The number of alkyl halides is 6. The molecule has 1 aliphatic rings. The maximum Gasteiger partial charge on any atom is 0.455 e. The highest BCUT2D eigenvalue weighted by molar-refractivity contribution is 7.70. The van der Waals surface area contributed by atoms with Gasteiger partial charge in [-0.2, -0.15) is 31.0 Å². The van der Waals surface area contributed by atoms with E-state index in [-0.39, 0.29) is 15.9 Å². The number of hydrogen-bond donors (Lipinski definition) is 1. The van der Waals surface area contributed by atoms with Gasteiger partial charge in [-0.05, 0) is 26.0 Å². The molecule has 2 N–H and O–H groups in total. The Morgan fingerprint density at radius 3 is 1.96 bits per heavy atom. The molecular weight excluding hydrogens is 387 g/mol. The number of para-hydroxylation sites is 1. The van der Waals surface area contributed by atoms with E-state index in [2.05, 4.69) is 0 Å². The second-order valence-electron chi connectivity index (χ2n) is 6.09. The molecule has 26 heavy (non-hydrogen) atoms. The topological polar surface area (TPSA) is 72.6 Å². The van der Waals surface area contributed by atoms with Crippen LogP contribution in [0, 0.1) is 0 Å². The number of amides is 1. The van der Waals surface area contributed by atoms with Crippen molar-refractivity contribution >= 4 is 19.4 Å². The second-order valence-corrected chi connectivity index (χ2v) is 8.91. The number of nitrogens with two attached hydrogens (primary N) is 1. The normalized spacial score (nSPS) is 22.1. The average molecular weight is 403 g/mol. The number of carbonyl (C=O) groups excluding carboxylic acids is 1. The lowest BCUT2D eigenvalue weighted by Crippen LogP contribution is -2.73. The van der Waals surface area contributed by atoms with Gasteiger partial charge in [-0.25, -0.2) is 4.67 Å². The molecule has 146 valence electrons. The minimum atomic E-state index is -6.13. The Kier molecular flexibility index (Phi) is 4.76. The van der Waals surface area contributed by atoms with Gasteiger partial charge in [-0.3, -0.25) is 10.5 Å². The van der Waals surface area contributed by atoms with Crippen molar-refractivity contribution in [3.05, 3.63) is 29.8 Å². The Balaban J connectivity index is 2.92. The molecule has 1 heterocycles. The van der Waals surface area contributed by atoms with Crippen LogP contribution in [0.3, 0.4) is 0 Å². The predicted molar refractivity (Wildman–Crippen MR) is 82.1 cm³/mol. The largest absolute Gasteiger partial charge is 0.641 e. The molecule has 0 aromatic heterocycles. The molecule has 5 nitrogen and oxygen atoms in total. The lowest BCUT2D eigenvalue weighted by molar-refractivity contribution is -0.290. The Hall–Kier alpha value is -1.58. The van der Waals surface area contributed by atoms with E-state index in [0.29, 0.717) is 4.67 Å². The van der Waals surface area contributed by atoms with Crippen LogP contribution >= 0.6 is 7.79 Å². The van der Waals surface area contributed by atoms with Crippen LogP contribution in [0.25, 0.3) is 0 Å². The molecule has 1 amide bonds. The van der Waals surface area contributed by atoms with Gasteiger partial charge in [0.15, 0.2) is 7.79 Å². The van der Waals surface area contributed by atoms with Crippen molar-refractivity contribution in [3.8, 4) is 0 Å². The maximum atomic E-state index is 13.6. The summed E-state index contributed by atoms with van der Waals surface area (Å²) in [6, 6.07) is 3.80. The molecule has 1 unspecified atom stereocenters. The first-order valence-corrected chi connectivity index (χ1v) is 8.93. The van der Waals surface area contributed by atoms with Crippen molar-refractivity contribution in [2.75, 3.05) is 11.7 Å². The van der Waals surface area contributed by atoms with Crippen molar-refractivity contribution in [3.63, 3.8) is 0 Å². The number of anilines is 1. The minimum absolute atomic E-state index is 0.107. The number of fused-ring (bicyclic) bond motifs is 1. The van der Waals surface area contributed by atoms with Gasteiger partial charge in [0.2, 0.25) is 0 Å². The Bertz CT molecular complexity index is 709. The van der Waals surface area contributed by atoms with Crippen molar-refractivity contribution in [2.45, 2.75) is 37.5 Å². The Morgan fingerprint density at radius 2 is 1.54 bits per heavy atom. The second kappa shape index (κ2) is 5.97. The highest BCUT2D eigenvalue weighted by atomic mass is 31.2. The molecule has 2 rings (SSSR count). The van der Waals surface area contributed by atoms with Crippen LogP contribution < -0.4 is 15.3 Å². The van der Waals surface area contributed by atoms with Gasteiger partial charge in [0.25, 0.3) is 5.91 Å². The first-order valence-electron chi connectivity index (χ1n) is 7.32. The Labute approximate surface area is 145 Å². The molecule has 12 heteroatoms. The van der Waals surface area contributed by atoms with Crippen LogP contribution in [0.4, 0.5) is 32.0 Å². The van der Waals surface area contributed by atoms with Crippen LogP contribution in [0.5, 0.6) is 0 Å². The third-order valence-electron chi connectivity index (χ3n) is 4.20. The van der Waals surface area contributed by atoms with Gasteiger partial charge in [0.1, 0.15) is 0 Å². The number of benzene rings is 1. The summed E-state index contributed by atoms with van der Waals surface area (Å²) in [6.07, 6.45) is -12.3. The molecule has 0 bridgehead atoms. The molecule has 0 spiro atoms. The fourth-order valence-corrected chi connectivity index (χ4v) is 6.13. The number of nitrogens with zero attached hydrogens (tertiary/aromatic N) is 2. The van der Waals surface area contributed by atoms with E-state index >= 15 is 0 Å². The molecule has 0 saturated heterocycles. The van der Waals surface area contributed by atoms with Gasteiger partial charge in [-0.1, -0.05) is 12.1 Å². The third-order valence-corrected chi connectivity index (χ3v) is 7.89. The zero-order valence-electron chi connectivity index (χ0n) is 13.9. The first kappa shape index (κ1) is 20.7. The summed E-state index contributed by atoms with van der Waals surface area (Å²) < 4.78 is 81.8. The third kappa shape index (κ3) is 2.48. The zero-order chi connectivity index (χ0) is 20.3. The molecular formula is C14H16F6N3O2P. The summed E-state index contributed by atoms with van der Waals surface area (Å²) in [5.41, 5.74) is 4.37. The monoisotopic (exact) mass is 403 g/mol. The SMILES string of the molecule is CC(C)N1C(=O)c2ccccc2N(C)[P+]1([O-])C(N)(C(F)(F)F)C(F)(F)F. The molecule has 1 aliphatic heterocycles. The van der Waals surface area contributed by atoms with Crippen molar-refractivity contribution < 1.29 is 36.0 Å². The molecule has 0 saturated carbocycles. The minimum Gasteiger partial charge on any atom is -0.641 e. The summed E-state index contributed by atoms with van der Waals surface area (Å²) in [7, 11) is -4.97. The quantitative estimate of drug-likeness (QED) is 0.609. The number of rotatable bonds is 2. The first-order chi connectivity index (χ1) is 11.6. The predicted octanol–water partition coefficient (Wildman–Crippen LogP) is 2.89. The van der Waals surface area contributed by atoms with Gasteiger partial charge < -0.3 is 4.89 Å². The number of hydrogen-bond acceptors (Lipinski definition) is 4. The molecule has 1 atom stereocenters. The van der Waals surface area contributed by atoms with Crippen LogP contribution in [-0.4, -0.2) is 41.3 Å². The summed E-state index contributed by atoms with van der Waals surface area (Å²) in [4.78, 5) is 26.1. The zero-order valence-corrected chi connectivity index (χ0v) is 14.8. The van der Waals surface area contributed by atoms with E-state index in [4.69, 9.17) is 5.73 Å². The van der Waals surface area contributed by atoms with Crippen LogP contribution in [0.1, 0.15) is 24.2 Å². The van der Waals surface area contributed by atoms with Gasteiger partial charge in [0.05, 0.1) is 17.3 Å². The fraction of sp³-hybridized carbons (Fsp3) is 0.500. The lowest BCUT2D eigenvalue weighted by atomic mass is 10.1. The lowest BCUT2D eigenvalue weighted by Gasteiger charge is -2.56. The van der Waals surface area contributed by atoms with E-state index in [1.165, 1.54) is 32.0 Å². The fourth-order valence-electron chi connectivity index (χ4n) is 2.92. The summed E-state index contributed by atoms with van der Waals surface area (Å²) in [5.74, 6) is -1.21. The summed E-state index contributed by atoms with van der Waals surface area (Å²) in [5, 5.41) is -5.13. The number of halogens is 6. The standard InChI is InChI=1S/C14H16F6N3O2P/c1-8(2)23-11(24)9-6-4-5-7-10(9)22(3)26(23,25)12(21,13(15,16)17)14(18,19)20/h4-8H,21H2,1-3H3. The maximum absolute atomic E-state index is 13.6. The van der Waals surface area contributed by atoms with Gasteiger partial charge >= 0.3 is 17.6 Å². The molecule has 1 aromatic rings. The van der Waals surface area contributed by atoms with Gasteiger partial charge in [-0.15, -0.1) is 0 Å². The van der Waals surface area contributed by atoms with E-state index in [9.17, 15) is 36.0 Å². The van der Waals surface area contributed by atoms with E-state index in [1.807, 2.05) is 0 Å². The van der Waals surface area contributed by atoms with E-state index < -0.39 is 37.4 Å². The highest BCUT2D eigenvalue weighted by Gasteiger charge is 2.85. The smallest absolute Gasteiger partial charge is 0.455 e. The van der Waals surface area contributed by atoms with Crippen LogP contribution in [-0.2, 0) is 0 Å². The average Bonchev–Trinajstić information content (AvgIpc) is 2.49. The summed E-state index contributed by atoms with van der Waals surface area (Å²) >= 11 is 0. The van der Waals surface area contributed by atoms with Crippen LogP contribution in [0.2, 0.25) is 0 Å². The van der Waals surface area contributed by atoms with E-state index in [0.717, 1.165) is 13.1 Å². The Morgan fingerprint density at radius 1 is 1.08 bits per heavy atom. The number of carbonyl (C=O) groups is 1. The summed E-state index contributed by atoms with van der Waals surface area (Å²) in [6.45, 7) is 2.33. The van der Waals surface area contributed by atoms with Crippen molar-refractivity contribution in [2.24, 2.45) is 5.73 Å². The molecule has 0 fully saturated rings. The molecule has 0 radical (unpaired) electrons.